The number of aromatic nitrogens is 2. The van der Waals surface area contributed by atoms with Crippen LogP contribution in [0.3, 0.4) is 0 Å². The van der Waals surface area contributed by atoms with Gasteiger partial charge >= 0.3 is 0 Å². The van der Waals surface area contributed by atoms with E-state index in [1.165, 1.54) is 19.1 Å². The molecule has 7 heteroatoms. The number of H-pyrrole nitrogens is 1. The molecule has 1 aromatic carbocycles. The zero-order chi connectivity index (χ0) is 19.7. The summed E-state index contributed by atoms with van der Waals surface area (Å²) in [6.07, 6.45) is 3.63. The maximum Gasteiger partial charge on any atom is 0.222 e. The van der Waals surface area contributed by atoms with Crippen LogP contribution < -0.4 is 10.6 Å². The molecule has 0 spiro atoms. The highest BCUT2D eigenvalue weighted by atomic mass is 19.1. The summed E-state index contributed by atoms with van der Waals surface area (Å²) < 4.78 is 13.6. The van der Waals surface area contributed by atoms with Gasteiger partial charge in [-0.1, -0.05) is 6.07 Å². The number of pyridine rings is 1. The Morgan fingerprint density at radius 3 is 2.86 bits per heavy atom. The molecule has 28 heavy (non-hydrogen) atoms. The van der Waals surface area contributed by atoms with E-state index in [-0.39, 0.29) is 17.5 Å². The van der Waals surface area contributed by atoms with Gasteiger partial charge in [-0.3, -0.25) is 9.59 Å². The van der Waals surface area contributed by atoms with Crippen molar-refractivity contribution in [1.29, 1.82) is 0 Å². The first-order chi connectivity index (χ1) is 13.5. The molecule has 4 rings (SSSR count). The molecule has 6 nitrogen and oxygen atoms in total. The number of hydrogen-bond donors (Lipinski definition) is 3. The summed E-state index contributed by atoms with van der Waals surface area (Å²) in [5.74, 6) is -0.109. The number of benzene rings is 1. The van der Waals surface area contributed by atoms with Crippen LogP contribution in [0.2, 0.25) is 0 Å². The van der Waals surface area contributed by atoms with Crippen LogP contribution in [0, 0.1) is 5.82 Å². The summed E-state index contributed by atoms with van der Waals surface area (Å²) in [6, 6.07) is 9.64. The maximum absolute atomic E-state index is 13.6. The van der Waals surface area contributed by atoms with Gasteiger partial charge in [-0.2, -0.15) is 0 Å². The number of ketones is 1. The number of hydrogen-bond acceptors (Lipinski definition) is 4. The Morgan fingerprint density at radius 1 is 1.21 bits per heavy atom. The fourth-order valence-corrected chi connectivity index (χ4v) is 3.48. The zero-order valence-corrected chi connectivity index (χ0v) is 15.3. The van der Waals surface area contributed by atoms with Gasteiger partial charge in [0, 0.05) is 36.5 Å². The van der Waals surface area contributed by atoms with Crippen LogP contribution in [0.5, 0.6) is 0 Å². The minimum Gasteiger partial charge on any atom is -0.356 e. The first kappa shape index (κ1) is 17.9. The molecular weight excluding hydrogens is 359 g/mol. The summed E-state index contributed by atoms with van der Waals surface area (Å²) in [7, 11) is 0. The van der Waals surface area contributed by atoms with E-state index < -0.39 is 0 Å². The van der Waals surface area contributed by atoms with E-state index >= 15 is 0 Å². The number of carbonyl (C=O) groups is 2. The molecule has 1 aliphatic rings. The zero-order valence-electron chi connectivity index (χ0n) is 15.3. The van der Waals surface area contributed by atoms with Gasteiger partial charge in [0.1, 0.15) is 11.6 Å². The molecule has 0 radical (unpaired) electrons. The maximum atomic E-state index is 13.6. The number of rotatable bonds is 4. The second kappa shape index (κ2) is 7.26. The number of fused-ring (bicyclic) bond motifs is 1. The number of nitrogens with one attached hydrogen (secondary N) is 3. The van der Waals surface area contributed by atoms with Gasteiger partial charge < -0.3 is 15.6 Å². The van der Waals surface area contributed by atoms with Crippen LogP contribution in [-0.2, 0) is 11.2 Å². The van der Waals surface area contributed by atoms with Gasteiger partial charge in [0.25, 0.3) is 0 Å². The quantitative estimate of drug-likeness (QED) is 0.626. The van der Waals surface area contributed by atoms with Gasteiger partial charge in [0.2, 0.25) is 5.91 Å². The van der Waals surface area contributed by atoms with Crippen molar-refractivity contribution < 1.29 is 14.0 Å². The topological polar surface area (TPSA) is 86.9 Å². The minimum atomic E-state index is -0.362. The van der Waals surface area contributed by atoms with Crippen molar-refractivity contribution in [2.75, 3.05) is 10.6 Å². The molecule has 1 amide bonds. The van der Waals surface area contributed by atoms with Crippen molar-refractivity contribution in [1.82, 2.24) is 9.97 Å². The fraction of sp³-hybridized carbons (Fsp3) is 0.190. The number of aromatic amines is 1. The number of aryl methyl sites for hydroxylation is 1. The molecule has 0 aliphatic heterocycles. The van der Waals surface area contributed by atoms with Crippen molar-refractivity contribution >= 4 is 28.9 Å². The van der Waals surface area contributed by atoms with Gasteiger partial charge in [-0.05, 0) is 43.2 Å². The minimum absolute atomic E-state index is 0.0544. The standard InChI is InChI=1S/C21H19FN4O2/c1-12(27)24-18-10-13(8-9-23-18)20-21(25-15-5-2-4-14(22)11-15)19-16(26-20)6-3-7-17(19)28/h2,4-5,8-11,25-26H,3,6-7H2,1H3,(H,23,24,27). The average molecular weight is 378 g/mol. The summed E-state index contributed by atoms with van der Waals surface area (Å²) in [4.78, 5) is 31.5. The average Bonchev–Trinajstić information content (AvgIpc) is 3.01. The Hall–Kier alpha value is -3.48. The third kappa shape index (κ3) is 3.51. The number of nitrogens with zero attached hydrogens (tertiary/aromatic N) is 1. The lowest BCUT2D eigenvalue weighted by Crippen LogP contribution is -2.10. The fourth-order valence-electron chi connectivity index (χ4n) is 3.48. The Kier molecular flexibility index (Phi) is 4.65. The number of carbonyl (C=O) groups excluding carboxylic acids is 2. The monoisotopic (exact) mass is 378 g/mol. The van der Waals surface area contributed by atoms with E-state index in [1.807, 2.05) is 0 Å². The lowest BCUT2D eigenvalue weighted by atomic mass is 9.95. The molecule has 0 fully saturated rings. The molecule has 0 saturated carbocycles. The molecule has 3 aromatic rings. The Bertz CT molecular complexity index is 1070. The van der Waals surface area contributed by atoms with E-state index in [1.54, 1.807) is 30.5 Å². The largest absolute Gasteiger partial charge is 0.356 e. The second-order valence-corrected chi connectivity index (χ2v) is 6.75. The summed E-state index contributed by atoms with van der Waals surface area (Å²) in [5.41, 5.74) is 4.12. The predicted octanol–water partition coefficient (Wildman–Crippen LogP) is 4.44. The van der Waals surface area contributed by atoms with Crippen LogP contribution >= 0.6 is 0 Å². The molecule has 0 bridgehead atoms. The highest BCUT2D eigenvalue weighted by Gasteiger charge is 2.27. The predicted molar refractivity (Wildman–Crippen MR) is 105 cm³/mol. The van der Waals surface area contributed by atoms with Crippen molar-refractivity contribution in [3.05, 3.63) is 59.7 Å². The third-order valence-corrected chi connectivity index (χ3v) is 4.63. The lowest BCUT2D eigenvalue weighted by Gasteiger charge is -2.14. The Labute approximate surface area is 161 Å². The van der Waals surface area contributed by atoms with E-state index in [0.717, 1.165) is 24.1 Å². The molecule has 0 saturated heterocycles. The molecule has 1 aliphatic carbocycles. The van der Waals surface area contributed by atoms with Crippen molar-refractivity contribution in [3.8, 4) is 11.3 Å². The SMILES string of the molecule is CC(=O)Nc1cc(-c2[nH]c3c(c2Nc2cccc(F)c2)C(=O)CCC3)ccn1. The van der Waals surface area contributed by atoms with E-state index in [4.69, 9.17) is 0 Å². The highest BCUT2D eigenvalue weighted by molar-refractivity contribution is 6.07. The summed E-state index contributed by atoms with van der Waals surface area (Å²) in [6.45, 7) is 1.41. The first-order valence-corrected chi connectivity index (χ1v) is 9.06. The van der Waals surface area contributed by atoms with Crippen LogP contribution in [0.4, 0.5) is 21.6 Å². The highest BCUT2D eigenvalue weighted by Crippen LogP contribution is 2.39. The summed E-state index contributed by atoms with van der Waals surface area (Å²) >= 11 is 0. The Morgan fingerprint density at radius 2 is 2.07 bits per heavy atom. The first-order valence-electron chi connectivity index (χ1n) is 9.06. The normalized spacial score (nSPS) is 13.1. The number of anilines is 3. The van der Waals surface area contributed by atoms with Crippen LogP contribution in [0.15, 0.2) is 42.6 Å². The van der Waals surface area contributed by atoms with E-state index in [2.05, 4.69) is 20.6 Å². The van der Waals surface area contributed by atoms with E-state index in [0.29, 0.717) is 34.9 Å². The smallest absolute Gasteiger partial charge is 0.222 e. The van der Waals surface area contributed by atoms with Gasteiger partial charge in [0.15, 0.2) is 5.78 Å². The van der Waals surface area contributed by atoms with Crippen molar-refractivity contribution in [2.24, 2.45) is 0 Å². The molecule has 2 heterocycles. The van der Waals surface area contributed by atoms with E-state index in [9.17, 15) is 14.0 Å². The molecule has 3 N–H and O–H groups in total. The molecule has 2 aromatic heterocycles. The van der Waals surface area contributed by atoms with Gasteiger partial charge in [-0.25, -0.2) is 9.37 Å². The number of halogens is 1. The van der Waals surface area contributed by atoms with Crippen LogP contribution in [0.1, 0.15) is 35.8 Å². The third-order valence-electron chi connectivity index (χ3n) is 4.63. The summed E-state index contributed by atoms with van der Waals surface area (Å²) in [5, 5.41) is 5.87. The van der Waals surface area contributed by atoms with Crippen LogP contribution in [0.25, 0.3) is 11.3 Å². The van der Waals surface area contributed by atoms with Gasteiger partial charge in [-0.15, -0.1) is 0 Å². The van der Waals surface area contributed by atoms with Crippen molar-refractivity contribution in [3.63, 3.8) is 0 Å². The lowest BCUT2D eigenvalue weighted by molar-refractivity contribution is -0.114. The molecule has 0 unspecified atom stereocenters. The Balaban J connectivity index is 1.83. The second-order valence-electron chi connectivity index (χ2n) is 6.75. The number of amides is 1. The van der Waals surface area contributed by atoms with Gasteiger partial charge in [0.05, 0.1) is 16.9 Å². The number of Topliss-reactive ketones (excluding diaryl/α,β-unsaturated/α-hetero) is 1. The molecule has 0 atom stereocenters. The van der Waals surface area contributed by atoms with Crippen LogP contribution in [-0.4, -0.2) is 21.7 Å². The molecule has 142 valence electrons. The van der Waals surface area contributed by atoms with Crippen molar-refractivity contribution in [2.45, 2.75) is 26.2 Å². The molecular formula is C21H19FN4O2.